The predicted molar refractivity (Wildman–Crippen MR) is 121 cm³/mol. The number of rotatable bonds is 4. The third-order valence-electron chi connectivity index (χ3n) is 7.08. The van der Waals surface area contributed by atoms with Crippen LogP contribution in [0.5, 0.6) is 6.01 Å². The molecule has 0 aliphatic carbocycles. The van der Waals surface area contributed by atoms with Gasteiger partial charge in [-0.05, 0) is 19.4 Å². The van der Waals surface area contributed by atoms with Crippen LogP contribution in [0.25, 0.3) is 10.9 Å². The SMILES string of the molecule is CC(=O)N1CCN(c2nc(OC[C@@]34CCCN3C[C@H](F)C4)nc3c(F)c(Cl)ncc23)CC(O)C1. The Morgan fingerprint density at radius 1 is 1.29 bits per heavy atom. The van der Waals surface area contributed by atoms with Gasteiger partial charge in [0.05, 0.1) is 17.0 Å². The highest BCUT2D eigenvalue weighted by molar-refractivity contribution is 6.30. The van der Waals surface area contributed by atoms with Crippen LogP contribution in [0.3, 0.4) is 0 Å². The van der Waals surface area contributed by atoms with Gasteiger partial charge in [0.1, 0.15) is 24.1 Å². The van der Waals surface area contributed by atoms with Gasteiger partial charge in [0.15, 0.2) is 11.0 Å². The number of carbonyl (C=O) groups excluding carboxylic acids is 1. The van der Waals surface area contributed by atoms with E-state index in [2.05, 4.69) is 19.9 Å². The number of aliphatic hydroxyl groups is 1. The molecular weight excluding hydrogens is 470 g/mol. The van der Waals surface area contributed by atoms with Crippen LogP contribution >= 0.6 is 11.6 Å². The number of amides is 1. The Morgan fingerprint density at radius 2 is 2.12 bits per heavy atom. The molecule has 0 saturated carbocycles. The molecule has 0 aromatic carbocycles. The second-order valence-corrected chi connectivity index (χ2v) is 9.74. The van der Waals surface area contributed by atoms with Crippen molar-refractivity contribution in [1.82, 2.24) is 24.8 Å². The molecule has 0 spiro atoms. The molecule has 3 aliphatic rings. The molecule has 1 unspecified atom stereocenters. The Labute approximate surface area is 200 Å². The summed E-state index contributed by atoms with van der Waals surface area (Å²) in [5.41, 5.74) is -0.453. The van der Waals surface area contributed by atoms with E-state index >= 15 is 0 Å². The minimum Gasteiger partial charge on any atom is -0.461 e. The Kier molecular flexibility index (Phi) is 6.19. The Bertz CT molecular complexity index is 1110. The summed E-state index contributed by atoms with van der Waals surface area (Å²) < 4.78 is 35.1. The summed E-state index contributed by atoms with van der Waals surface area (Å²) in [6.07, 6.45) is 1.84. The molecule has 5 rings (SSSR count). The highest BCUT2D eigenvalue weighted by Crippen LogP contribution is 2.40. The van der Waals surface area contributed by atoms with Gasteiger partial charge in [-0.1, -0.05) is 11.6 Å². The summed E-state index contributed by atoms with van der Waals surface area (Å²) in [6, 6.07) is -0.0469. The molecule has 3 atom stereocenters. The third kappa shape index (κ3) is 4.25. The summed E-state index contributed by atoms with van der Waals surface area (Å²) >= 11 is 5.92. The largest absolute Gasteiger partial charge is 0.461 e. The highest BCUT2D eigenvalue weighted by atomic mass is 35.5. The molecule has 3 aliphatic heterocycles. The standard InChI is InChI=1S/C22H27ClF2N6O3/c1-13(32)29-5-6-30(11-15(33)10-29)20-16-8-26-19(23)17(25)18(16)27-21(28-20)34-12-22-3-2-4-31(22)9-14(24)7-22/h8,14-15,33H,2-7,9-12H2,1H3/t14-,15?,22+/m1/s1. The molecular formula is C22H27ClF2N6O3. The minimum absolute atomic E-state index is 0.0438. The lowest BCUT2D eigenvalue weighted by atomic mass is 9.95. The van der Waals surface area contributed by atoms with Gasteiger partial charge in [0.25, 0.3) is 0 Å². The Hall–Kier alpha value is -2.37. The number of hydrogen-bond acceptors (Lipinski definition) is 8. The lowest BCUT2D eigenvalue weighted by molar-refractivity contribution is -0.129. The fourth-order valence-electron chi connectivity index (χ4n) is 5.42. The summed E-state index contributed by atoms with van der Waals surface area (Å²) in [5, 5.41) is 10.5. The number of β-amino-alcohol motifs (C(OH)–C–C–N with tert-alkyl or cyclic N) is 1. The number of pyridine rings is 1. The molecule has 3 fully saturated rings. The normalized spacial score (nSPS) is 27.8. The van der Waals surface area contributed by atoms with Gasteiger partial charge in [-0.2, -0.15) is 9.97 Å². The molecule has 184 valence electrons. The highest BCUT2D eigenvalue weighted by Gasteiger charge is 2.49. The van der Waals surface area contributed by atoms with E-state index in [0.29, 0.717) is 37.3 Å². The Balaban J connectivity index is 1.49. The van der Waals surface area contributed by atoms with Gasteiger partial charge in [-0.15, -0.1) is 0 Å². The molecule has 5 heterocycles. The van der Waals surface area contributed by atoms with Gasteiger partial charge in [0, 0.05) is 52.3 Å². The first-order valence-corrected chi connectivity index (χ1v) is 11.9. The average molecular weight is 497 g/mol. The lowest BCUT2D eigenvalue weighted by Crippen LogP contribution is -2.43. The van der Waals surface area contributed by atoms with Crippen LogP contribution in [0.4, 0.5) is 14.6 Å². The summed E-state index contributed by atoms with van der Waals surface area (Å²) in [6.45, 7) is 3.97. The van der Waals surface area contributed by atoms with Crippen LogP contribution in [0, 0.1) is 5.82 Å². The van der Waals surface area contributed by atoms with E-state index in [9.17, 15) is 18.7 Å². The van der Waals surface area contributed by atoms with E-state index in [1.807, 2.05) is 0 Å². The monoisotopic (exact) mass is 496 g/mol. The van der Waals surface area contributed by atoms with Gasteiger partial charge < -0.3 is 19.6 Å². The number of anilines is 1. The van der Waals surface area contributed by atoms with Crippen molar-refractivity contribution in [1.29, 1.82) is 0 Å². The summed E-state index contributed by atoms with van der Waals surface area (Å²) in [7, 11) is 0. The topological polar surface area (TPSA) is 94.9 Å². The molecule has 12 heteroatoms. The predicted octanol–water partition coefficient (Wildman–Crippen LogP) is 1.80. The number of hydrogen-bond donors (Lipinski definition) is 1. The summed E-state index contributed by atoms with van der Waals surface area (Å²) in [5.74, 6) is -0.595. The smallest absolute Gasteiger partial charge is 0.319 e. The molecule has 0 bridgehead atoms. The molecule has 3 saturated heterocycles. The Morgan fingerprint density at radius 3 is 2.91 bits per heavy atom. The van der Waals surface area contributed by atoms with E-state index in [4.69, 9.17) is 16.3 Å². The average Bonchev–Trinajstić information content (AvgIpc) is 3.23. The van der Waals surface area contributed by atoms with Crippen molar-refractivity contribution in [2.75, 3.05) is 50.8 Å². The van der Waals surface area contributed by atoms with Crippen molar-refractivity contribution in [2.24, 2.45) is 0 Å². The molecule has 9 nitrogen and oxygen atoms in total. The van der Waals surface area contributed by atoms with Crippen LogP contribution in [-0.2, 0) is 4.79 Å². The molecule has 0 radical (unpaired) electrons. The number of carbonyl (C=O) groups is 1. The molecule has 1 N–H and O–H groups in total. The van der Waals surface area contributed by atoms with Crippen molar-refractivity contribution in [3.05, 3.63) is 17.2 Å². The number of nitrogens with zero attached hydrogens (tertiary/aromatic N) is 6. The third-order valence-corrected chi connectivity index (χ3v) is 7.34. The number of aromatic nitrogens is 3. The van der Waals surface area contributed by atoms with E-state index in [1.165, 1.54) is 13.1 Å². The molecule has 2 aromatic heterocycles. The second-order valence-electron chi connectivity index (χ2n) is 9.38. The first-order chi connectivity index (χ1) is 16.3. The number of ether oxygens (including phenoxy) is 1. The van der Waals surface area contributed by atoms with Crippen LogP contribution in [-0.4, -0.2) is 99.5 Å². The van der Waals surface area contributed by atoms with E-state index in [-0.39, 0.29) is 42.3 Å². The zero-order chi connectivity index (χ0) is 24.0. The van der Waals surface area contributed by atoms with Crippen LogP contribution in [0.1, 0.15) is 26.2 Å². The van der Waals surface area contributed by atoms with Crippen molar-refractivity contribution >= 4 is 34.2 Å². The van der Waals surface area contributed by atoms with Crippen molar-refractivity contribution in [3.8, 4) is 6.01 Å². The van der Waals surface area contributed by atoms with E-state index in [1.54, 1.807) is 9.80 Å². The first kappa shape index (κ1) is 23.4. The lowest BCUT2D eigenvalue weighted by Gasteiger charge is -2.31. The maximum Gasteiger partial charge on any atom is 0.319 e. The quantitative estimate of drug-likeness (QED) is 0.640. The number of halogens is 3. The van der Waals surface area contributed by atoms with E-state index < -0.39 is 23.6 Å². The zero-order valence-electron chi connectivity index (χ0n) is 18.9. The van der Waals surface area contributed by atoms with Crippen molar-refractivity contribution < 1.29 is 23.4 Å². The molecule has 2 aromatic rings. The maximum absolute atomic E-state index is 14.9. The van der Waals surface area contributed by atoms with Gasteiger partial charge in [0.2, 0.25) is 5.91 Å². The summed E-state index contributed by atoms with van der Waals surface area (Å²) in [4.78, 5) is 30.0. The van der Waals surface area contributed by atoms with Crippen LogP contribution < -0.4 is 9.64 Å². The van der Waals surface area contributed by atoms with Gasteiger partial charge in [-0.3, -0.25) is 9.69 Å². The first-order valence-electron chi connectivity index (χ1n) is 11.5. The molecule has 1 amide bonds. The van der Waals surface area contributed by atoms with Crippen molar-refractivity contribution in [3.63, 3.8) is 0 Å². The number of alkyl halides is 1. The number of aliphatic hydroxyl groups excluding tert-OH is 1. The zero-order valence-corrected chi connectivity index (χ0v) is 19.6. The fourth-order valence-corrected chi connectivity index (χ4v) is 5.56. The van der Waals surface area contributed by atoms with Crippen LogP contribution in [0.15, 0.2) is 6.20 Å². The number of fused-ring (bicyclic) bond motifs is 2. The van der Waals surface area contributed by atoms with E-state index in [0.717, 1.165) is 19.4 Å². The van der Waals surface area contributed by atoms with Crippen LogP contribution in [0.2, 0.25) is 5.15 Å². The van der Waals surface area contributed by atoms with Crippen molar-refractivity contribution in [2.45, 2.75) is 44.0 Å². The van der Waals surface area contributed by atoms with Gasteiger partial charge >= 0.3 is 6.01 Å². The second kappa shape index (κ2) is 9.01. The fraction of sp³-hybridized carbons (Fsp3) is 0.636. The maximum atomic E-state index is 14.9. The van der Waals surface area contributed by atoms with Gasteiger partial charge in [-0.25, -0.2) is 13.8 Å². The minimum atomic E-state index is -0.901. The molecule has 34 heavy (non-hydrogen) atoms.